The van der Waals surface area contributed by atoms with Crippen LogP contribution in [0.1, 0.15) is 18.1 Å². The van der Waals surface area contributed by atoms with Crippen molar-refractivity contribution < 1.29 is 9.84 Å². The molecule has 0 fully saturated rings. The molecule has 1 unspecified atom stereocenters. The summed E-state index contributed by atoms with van der Waals surface area (Å²) in [5.74, 6) is 0.621. The van der Waals surface area contributed by atoms with Crippen LogP contribution in [0, 0.1) is 0 Å². The molecule has 0 aliphatic carbocycles. The van der Waals surface area contributed by atoms with E-state index in [9.17, 15) is 5.11 Å². The van der Waals surface area contributed by atoms with E-state index in [0.717, 1.165) is 18.5 Å². The van der Waals surface area contributed by atoms with Crippen molar-refractivity contribution in [3.05, 3.63) is 58.1 Å². The van der Waals surface area contributed by atoms with Crippen LogP contribution in [0.5, 0.6) is 11.5 Å². The van der Waals surface area contributed by atoms with E-state index < -0.39 is 0 Å². The topological polar surface area (TPSA) is 41.5 Å². The molecule has 112 valence electrons. The maximum absolute atomic E-state index is 9.80. The van der Waals surface area contributed by atoms with Crippen molar-refractivity contribution >= 4 is 15.9 Å². The molecule has 2 rings (SSSR count). The van der Waals surface area contributed by atoms with E-state index in [4.69, 9.17) is 4.74 Å². The Kier molecular flexibility index (Phi) is 5.65. The van der Waals surface area contributed by atoms with E-state index >= 15 is 0 Å². The van der Waals surface area contributed by atoms with Gasteiger partial charge in [-0.3, -0.25) is 0 Å². The molecule has 2 aromatic carbocycles. The summed E-state index contributed by atoms with van der Waals surface area (Å²) in [6.07, 6.45) is 0.983. The first kappa shape index (κ1) is 15.9. The van der Waals surface area contributed by atoms with Crippen LogP contribution in [0.4, 0.5) is 0 Å². The molecule has 0 saturated heterocycles. The molecule has 0 bridgehead atoms. The fourth-order valence-electron chi connectivity index (χ4n) is 2.22. The van der Waals surface area contributed by atoms with Crippen LogP contribution in [0.2, 0.25) is 0 Å². The number of phenols is 1. The lowest BCUT2D eigenvalue weighted by Gasteiger charge is -2.15. The Hall–Kier alpha value is -1.52. The monoisotopic (exact) mass is 349 g/mol. The Labute approximate surface area is 134 Å². The first-order chi connectivity index (χ1) is 10.1. The molecular formula is C17H20BrNO2. The predicted molar refractivity (Wildman–Crippen MR) is 88.8 cm³/mol. The van der Waals surface area contributed by atoms with Crippen molar-refractivity contribution in [3.63, 3.8) is 0 Å². The van der Waals surface area contributed by atoms with Crippen molar-refractivity contribution in [1.82, 2.24) is 5.32 Å². The third-order valence-corrected chi connectivity index (χ3v) is 3.95. The molecule has 0 radical (unpaired) electrons. The molecule has 0 amide bonds. The van der Waals surface area contributed by atoms with Crippen LogP contribution in [0.3, 0.4) is 0 Å². The second kappa shape index (κ2) is 7.48. The maximum atomic E-state index is 9.80. The highest BCUT2D eigenvalue weighted by atomic mass is 79.9. The molecule has 21 heavy (non-hydrogen) atoms. The first-order valence-corrected chi connectivity index (χ1v) is 7.72. The molecule has 0 spiro atoms. The number of ether oxygens (including phenoxy) is 1. The van der Waals surface area contributed by atoms with Gasteiger partial charge in [0.25, 0.3) is 0 Å². The zero-order valence-electron chi connectivity index (χ0n) is 12.3. The van der Waals surface area contributed by atoms with Crippen molar-refractivity contribution in [2.24, 2.45) is 0 Å². The minimum Gasteiger partial charge on any atom is -0.503 e. The number of hydrogen-bond acceptors (Lipinski definition) is 3. The molecule has 2 aromatic rings. The molecular weight excluding hydrogens is 330 g/mol. The first-order valence-electron chi connectivity index (χ1n) is 6.93. The Balaban J connectivity index is 1.95. The van der Waals surface area contributed by atoms with E-state index in [0.29, 0.717) is 16.3 Å². The third kappa shape index (κ3) is 4.48. The van der Waals surface area contributed by atoms with Gasteiger partial charge in [0.15, 0.2) is 11.5 Å². The summed E-state index contributed by atoms with van der Waals surface area (Å²) in [5, 5.41) is 13.3. The fourth-order valence-corrected chi connectivity index (χ4v) is 2.71. The number of aromatic hydroxyl groups is 1. The highest BCUT2D eigenvalue weighted by Crippen LogP contribution is 2.35. The number of rotatable bonds is 6. The average Bonchev–Trinajstić information content (AvgIpc) is 2.49. The Bertz CT molecular complexity index is 587. The van der Waals surface area contributed by atoms with Crippen LogP contribution in [0.25, 0.3) is 0 Å². The average molecular weight is 350 g/mol. The Morgan fingerprint density at radius 2 is 1.90 bits per heavy atom. The van der Waals surface area contributed by atoms with E-state index in [1.165, 1.54) is 5.56 Å². The summed E-state index contributed by atoms with van der Waals surface area (Å²) in [6.45, 7) is 2.89. The molecule has 2 N–H and O–H groups in total. The minimum atomic E-state index is 0.138. The minimum absolute atomic E-state index is 0.138. The van der Waals surface area contributed by atoms with Crippen LogP contribution in [-0.2, 0) is 13.0 Å². The standard InChI is InChI=1S/C17H20BrNO2/c1-12(8-13-6-4-3-5-7-13)19-11-14-9-15(18)17(20)16(10-14)21-2/h3-7,9-10,12,19-20H,8,11H2,1-2H3. The lowest BCUT2D eigenvalue weighted by molar-refractivity contribution is 0.371. The quantitative estimate of drug-likeness (QED) is 0.831. The van der Waals surface area contributed by atoms with Crippen LogP contribution < -0.4 is 10.1 Å². The maximum Gasteiger partial charge on any atom is 0.172 e. The van der Waals surface area contributed by atoms with Crippen molar-refractivity contribution in [3.8, 4) is 11.5 Å². The number of phenolic OH excluding ortho intramolecular Hbond substituents is 1. The van der Waals surface area contributed by atoms with Crippen molar-refractivity contribution in [1.29, 1.82) is 0 Å². The summed E-state index contributed by atoms with van der Waals surface area (Å²) < 4.78 is 5.81. The largest absolute Gasteiger partial charge is 0.503 e. The van der Waals surface area contributed by atoms with E-state index in [-0.39, 0.29) is 5.75 Å². The molecule has 3 nitrogen and oxygen atoms in total. The molecule has 4 heteroatoms. The molecule has 0 saturated carbocycles. The molecule has 0 aromatic heterocycles. The number of hydrogen-bond donors (Lipinski definition) is 2. The van der Waals surface area contributed by atoms with Gasteiger partial charge >= 0.3 is 0 Å². The molecule has 0 aliphatic rings. The van der Waals surface area contributed by atoms with Crippen LogP contribution in [0.15, 0.2) is 46.9 Å². The highest BCUT2D eigenvalue weighted by molar-refractivity contribution is 9.10. The predicted octanol–water partition coefficient (Wildman–Crippen LogP) is 3.88. The summed E-state index contributed by atoms with van der Waals surface area (Å²) >= 11 is 3.34. The SMILES string of the molecule is COc1cc(CNC(C)Cc2ccccc2)cc(Br)c1O. The number of benzene rings is 2. The summed E-state index contributed by atoms with van der Waals surface area (Å²) in [7, 11) is 1.55. The van der Waals surface area contributed by atoms with E-state index in [1.807, 2.05) is 18.2 Å². The molecule has 0 heterocycles. The highest BCUT2D eigenvalue weighted by Gasteiger charge is 2.09. The summed E-state index contributed by atoms with van der Waals surface area (Å²) in [4.78, 5) is 0. The smallest absolute Gasteiger partial charge is 0.172 e. The van der Waals surface area contributed by atoms with Crippen LogP contribution >= 0.6 is 15.9 Å². The van der Waals surface area contributed by atoms with Gasteiger partial charge in [0.1, 0.15) is 0 Å². The van der Waals surface area contributed by atoms with Gasteiger partial charge in [0.2, 0.25) is 0 Å². The Morgan fingerprint density at radius 3 is 2.57 bits per heavy atom. The fraction of sp³-hybridized carbons (Fsp3) is 0.294. The van der Waals surface area contributed by atoms with E-state index in [1.54, 1.807) is 7.11 Å². The van der Waals surface area contributed by atoms with E-state index in [2.05, 4.69) is 52.4 Å². The normalized spacial score (nSPS) is 12.1. The number of methoxy groups -OCH3 is 1. The molecule has 0 aliphatic heterocycles. The van der Waals surface area contributed by atoms with Gasteiger partial charge in [-0.25, -0.2) is 0 Å². The lowest BCUT2D eigenvalue weighted by atomic mass is 10.1. The van der Waals surface area contributed by atoms with Gasteiger partial charge in [0.05, 0.1) is 11.6 Å². The van der Waals surface area contributed by atoms with Gasteiger partial charge in [0, 0.05) is 12.6 Å². The number of halogens is 1. The summed E-state index contributed by atoms with van der Waals surface area (Å²) in [6, 6.07) is 14.5. The van der Waals surface area contributed by atoms with Crippen molar-refractivity contribution in [2.75, 3.05) is 7.11 Å². The Morgan fingerprint density at radius 1 is 1.19 bits per heavy atom. The molecule has 1 atom stereocenters. The third-order valence-electron chi connectivity index (χ3n) is 3.35. The second-order valence-corrected chi connectivity index (χ2v) is 5.95. The van der Waals surface area contributed by atoms with Crippen LogP contribution in [-0.4, -0.2) is 18.3 Å². The lowest BCUT2D eigenvalue weighted by Crippen LogP contribution is -2.27. The zero-order chi connectivity index (χ0) is 15.2. The van der Waals surface area contributed by atoms with Gasteiger partial charge < -0.3 is 15.2 Å². The van der Waals surface area contributed by atoms with Gasteiger partial charge in [-0.15, -0.1) is 0 Å². The van der Waals surface area contributed by atoms with Gasteiger partial charge in [-0.1, -0.05) is 30.3 Å². The summed E-state index contributed by atoms with van der Waals surface area (Å²) in [5.41, 5.74) is 2.39. The zero-order valence-corrected chi connectivity index (χ0v) is 13.9. The van der Waals surface area contributed by atoms with Gasteiger partial charge in [-0.2, -0.15) is 0 Å². The second-order valence-electron chi connectivity index (χ2n) is 5.10. The van der Waals surface area contributed by atoms with Gasteiger partial charge in [-0.05, 0) is 52.5 Å². The van der Waals surface area contributed by atoms with Crippen molar-refractivity contribution in [2.45, 2.75) is 25.9 Å². The number of nitrogens with one attached hydrogen (secondary N) is 1.